The fourth-order valence-corrected chi connectivity index (χ4v) is 4.47. The van der Waals surface area contributed by atoms with E-state index < -0.39 is 0 Å². The topological polar surface area (TPSA) is 43.2 Å². The van der Waals surface area contributed by atoms with Gasteiger partial charge < -0.3 is 9.30 Å². The lowest BCUT2D eigenvalue weighted by atomic mass is 9.57. The predicted octanol–water partition coefficient (Wildman–Crippen LogP) is 1.85. The smallest absolute Gasteiger partial charge is 0.147 e. The van der Waals surface area contributed by atoms with Gasteiger partial charge in [-0.25, -0.2) is 0 Å². The van der Waals surface area contributed by atoms with Crippen LogP contribution in [0.15, 0.2) is 0 Å². The first-order chi connectivity index (χ1) is 9.46. The van der Waals surface area contributed by atoms with Crippen LogP contribution in [0.5, 0.6) is 0 Å². The van der Waals surface area contributed by atoms with Crippen LogP contribution in [0.2, 0.25) is 0 Å². The number of rotatable bonds is 4. The molecule has 1 aliphatic carbocycles. The third-order valence-corrected chi connectivity index (χ3v) is 5.23. The molecule has 1 aromatic rings. The molecular weight excluding hydrogens is 252 g/mol. The molecule has 20 heavy (non-hydrogen) atoms. The van der Waals surface area contributed by atoms with Crippen LogP contribution in [-0.2, 0) is 17.8 Å². The molecule has 0 unspecified atom stereocenters. The molecule has 112 valence electrons. The van der Waals surface area contributed by atoms with Crippen LogP contribution in [-0.4, -0.2) is 45.5 Å². The first kappa shape index (κ1) is 14.0. The zero-order chi connectivity index (χ0) is 14.5. The third kappa shape index (κ3) is 1.91. The number of aromatic nitrogens is 3. The summed E-state index contributed by atoms with van der Waals surface area (Å²) in [5, 5.41) is 8.55. The molecule has 2 aliphatic rings. The quantitative estimate of drug-likeness (QED) is 0.843. The first-order valence-corrected chi connectivity index (χ1v) is 7.67. The van der Waals surface area contributed by atoms with E-state index in [-0.39, 0.29) is 5.41 Å². The number of fused-ring (bicyclic) bond motifs is 1. The van der Waals surface area contributed by atoms with Gasteiger partial charge in [0.25, 0.3) is 0 Å². The lowest BCUT2D eigenvalue weighted by Crippen LogP contribution is -2.65. The second-order valence-electron chi connectivity index (χ2n) is 6.83. The molecule has 0 radical (unpaired) electrons. The molecule has 5 heteroatoms. The fourth-order valence-electron chi connectivity index (χ4n) is 4.47. The van der Waals surface area contributed by atoms with Crippen LogP contribution >= 0.6 is 0 Å². The SMILES string of the molecule is CCn1c(C)nnc1CN(C)[C@@H]1[C@@H]2CCO[C@H]2C1(C)C. The van der Waals surface area contributed by atoms with Gasteiger partial charge in [0.1, 0.15) is 11.6 Å². The second-order valence-corrected chi connectivity index (χ2v) is 6.83. The molecule has 0 aromatic carbocycles. The maximum atomic E-state index is 5.89. The second kappa shape index (κ2) is 4.81. The molecule has 1 aromatic heterocycles. The minimum absolute atomic E-state index is 0.238. The van der Waals surface area contributed by atoms with Gasteiger partial charge in [-0.2, -0.15) is 0 Å². The minimum atomic E-state index is 0.238. The Labute approximate surface area is 121 Å². The van der Waals surface area contributed by atoms with Crippen molar-refractivity contribution in [3.05, 3.63) is 11.6 Å². The van der Waals surface area contributed by atoms with E-state index in [9.17, 15) is 0 Å². The van der Waals surface area contributed by atoms with Gasteiger partial charge in [-0.05, 0) is 27.3 Å². The van der Waals surface area contributed by atoms with Crippen molar-refractivity contribution in [1.82, 2.24) is 19.7 Å². The van der Waals surface area contributed by atoms with E-state index in [0.29, 0.717) is 18.1 Å². The summed E-state index contributed by atoms with van der Waals surface area (Å²) < 4.78 is 8.09. The molecule has 5 nitrogen and oxygen atoms in total. The highest BCUT2D eigenvalue weighted by Gasteiger charge is 2.60. The van der Waals surface area contributed by atoms with E-state index in [2.05, 4.69) is 47.5 Å². The number of hydrogen-bond donors (Lipinski definition) is 0. The van der Waals surface area contributed by atoms with E-state index in [0.717, 1.165) is 31.3 Å². The Morgan fingerprint density at radius 1 is 1.40 bits per heavy atom. The van der Waals surface area contributed by atoms with Gasteiger partial charge in [0, 0.05) is 30.5 Å². The molecule has 1 saturated carbocycles. The number of hydrogen-bond acceptors (Lipinski definition) is 4. The Hall–Kier alpha value is -0.940. The van der Waals surface area contributed by atoms with Crippen molar-refractivity contribution >= 4 is 0 Å². The molecule has 1 saturated heterocycles. The van der Waals surface area contributed by atoms with Gasteiger partial charge in [-0.3, -0.25) is 4.90 Å². The zero-order valence-electron chi connectivity index (χ0n) is 13.3. The predicted molar refractivity (Wildman–Crippen MR) is 77.3 cm³/mol. The van der Waals surface area contributed by atoms with Crippen molar-refractivity contribution in [2.45, 2.75) is 59.4 Å². The molecule has 0 N–H and O–H groups in total. The normalized spacial score (nSPS) is 31.4. The summed E-state index contributed by atoms with van der Waals surface area (Å²) in [5.41, 5.74) is 0.238. The monoisotopic (exact) mass is 278 g/mol. The maximum absolute atomic E-state index is 5.89. The van der Waals surface area contributed by atoms with Crippen molar-refractivity contribution in [3.8, 4) is 0 Å². The molecule has 3 rings (SSSR count). The average Bonchev–Trinajstić information content (AvgIpc) is 2.95. The molecule has 0 spiro atoms. The van der Waals surface area contributed by atoms with E-state index in [1.165, 1.54) is 6.42 Å². The summed E-state index contributed by atoms with van der Waals surface area (Å²) in [6.45, 7) is 11.6. The van der Waals surface area contributed by atoms with Crippen molar-refractivity contribution in [3.63, 3.8) is 0 Å². The number of ether oxygens (including phenoxy) is 1. The Morgan fingerprint density at radius 3 is 2.85 bits per heavy atom. The van der Waals surface area contributed by atoms with Crippen molar-refractivity contribution in [2.24, 2.45) is 11.3 Å². The summed E-state index contributed by atoms with van der Waals surface area (Å²) >= 11 is 0. The molecule has 1 aliphatic heterocycles. The highest BCUT2D eigenvalue weighted by molar-refractivity contribution is 5.12. The summed E-state index contributed by atoms with van der Waals surface area (Å²) in [7, 11) is 2.21. The third-order valence-electron chi connectivity index (χ3n) is 5.23. The van der Waals surface area contributed by atoms with Crippen molar-refractivity contribution in [2.75, 3.05) is 13.7 Å². The summed E-state index contributed by atoms with van der Waals surface area (Å²) in [6, 6.07) is 0.581. The summed E-state index contributed by atoms with van der Waals surface area (Å²) in [5.74, 6) is 2.77. The van der Waals surface area contributed by atoms with Crippen molar-refractivity contribution in [1.29, 1.82) is 0 Å². The molecule has 3 atom stereocenters. The van der Waals surface area contributed by atoms with Gasteiger partial charge in [-0.15, -0.1) is 10.2 Å². The first-order valence-electron chi connectivity index (χ1n) is 7.67. The Balaban J connectivity index is 1.75. The number of nitrogens with zero attached hydrogens (tertiary/aromatic N) is 4. The van der Waals surface area contributed by atoms with E-state index in [1.54, 1.807) is 0 Å². The van der Waals surface area contributed by atoms with Crippen LogP contribution in [0, 0.1) is 18.3 Å². The van der Waals surface area contributed by atoms with Crippen LogP contribution < -0.4 is 0 Å². The van der Waals surface area contributed by atoms with Gasteiger partial charge in [-0.1, -0.05) is 13.8 Å². The minimum Gasteiger partial charge on any atom is -0.377 e. The van der Waals surface area contributed by atoms with Crippen LogP contribution in [0.25, 0.3) is 0 Å². The van der Waals surface area contributed by atoms with E-state index in [4.69, 9.17) is 4.74 Å². The van der Waals surface area contributed by atoms with Gasteiger partial charge in [0.2, 0.25) is 0 Å². The zero-order valence-corrected chi connectivity index (χ0v) is 13.3. The van der Waals surface area contributed by atoms with Gasteiger partial charge in [0.15, 0.2) is 0 Å². The summed E-state index contributed by atoms with van der Waals surface area (Å²) in [6.07, 6.45) is 1.64. The lowest BCUT2D eigenvalue weighted by molar-refractivity contribution is -0.152. The molecular formula is C15H26N4O. The highest BCUT2D eigenvalue weighted by Crippen LogP contribution is 2.54. The molecule has 2 heterocycles. The average molecular weight is 278 g/mol. The largest absolute Gasteiger partial charge is 0.377 e. The van der Waals surface area contributed by atoms with Crippen LogP contribution in [0.3, 0.4) is 0 Å². The van der Waals surface area contributed by atoms with Gasteiger partial charge in [0.05, 0.1) is 12.6 Å². The van der Waals surface area contributed by atoms with E-state index >= 15 is 0 Å². The van der Waals surface area contributed by atoms with Crippen LogP contribution in [0.4, 0.5) is 0 Å². The lowest BCUT2D eigenvalue weighted by Gasteiger charge is -2.57. The highest BCUT2D eigenvalue weighted by atomic mass is 16.5. The Bertz CT molecular complexity index is 496. The van der Waals surface area contributed by atoms with Crippen molar-refractivity contribution < 1.29 is 4.74 Å². The molecule has 0 amide bonds. The molecule has 0 bridgehead atoms. The van der Waals surface area contributed by atoms with E-state index in [1.807, 2.05) is 6.92 Å². The van der Waals surface area contributed by atoms with Crippen LogP contribution in [0.1, 0.15) is 38.8 Å². The standard InChI is InChI=1S/C15H26N4O/c1-6-19-10(2)16-17-12(19)9-18(5)13-11-7-8-20-14(11)15(13,3)4/h11,13-14H,6-9H2,1-5H3/t11-,13+,14+/m0/s1. The Morgan fingerprint density at radius 2 is 2.15 bits per heavy atom. The molecule has 2 fully saturated rings. The van der Waals surface area contributed by atoms with Gasteiger partial charge >= 0.3 is 0 Å². The maximum Gasteiger partial charge on any atom is 0.147 e. The Kier molecular flexibility index (Phi) is 3.37. The number of aryl methyl sites for hydroxylation is 1. The fraction of sp³-hybridized carbons (Fsp3) is 0.867. The summed E-state index contributed by atoms with van der Waals surface area (Å²) in [4.78, 5) is 2.45.